The highest BCUT2D eigenvalue weighted by molar-refractivity contribution is 5.89. The van der Waals surface area contributed by atoms with Crippen LogP contribution in [0.5, 0.6) is 5.75 Å². The van der Waals surface area contributed by atoms with Crippen LogP contribution < -0.4 is 4.74 Å². The molecule has 1 aromatic rings. The van der Waals surface area contributed by atoms with Crippen molar-refractivity contribution in [3.05, 3.63) is 29.8 Å². The van der Waals surface area contributed by atoms with E-state index >= 15 is 0 Å². The summed E-state index contributed by atoms with van der Waals surface area (Å²) in [7, 11) is 1.39. The van der Waals surface area contributed by atoms with E-state index in [0.29, 0.717) is 5.56 Å². The van der Waals surface area contributed by atoms with Gasteiger partial charge in [0.1, 0.15) is 5.75 Å². The van der Waals surface area contributed by atoms with Crippen LogP contribution >= 0.6 is 0 Å². The maximum absolute atomic E-state index is 11.3. The SMILES string of the molecule is CCCCCCCCCCCCCCOc1ccc(C(=O)OC)cc1. The van der Waals surface area contributed by atoms with E-state index in [9.17, 15) is 4.79 Å². The molecule has 1 aromatic carbocycles. The molecule has 0 aliphatic heterocycles. The number of unbranched alkanes of at least 4 members (excludes halogenated alkanes) is 11. The molecule has 0 fully saturated rings. The first-order valence-corrected chi connectivity index (χ1v) is 10.1. The van der Waals surface area contributed by atoms with Crippen LogP contribution in [0.1, 0.15) is 94.3 Å². The molecule has 0 aromatic heterocycles. The molecule has 142 valence electrons. The number of esters is 1. The van der Waals surface area contributed by atoms with Crippen LogP contribution in [0.2, 0.25) is 0 Å². The number of ether oxygens (including phenoxy) is 2. The van der Waals surface area contributed by atoms with Crippen molar-refractivity contribution in [1.29, 1.82) is 0 Å². The first-order chi connectivity index (χ1) is 12.3. The van der Waals surface area contributed by atoms with Gasteiger partial charge in [-0.1, -0.05) is 77.6 Å². The molecule has 3 heteroatoms. The van der Waals surface area contributed by atoms with Gasteiger partial charge in [-0.2, -0.15) is 0 Å². The summed E-state index contributed by atoms with van der Waals surface area (Å²) in [5, 5.41) is 0. The first kappa shape index (κ1) is 21.5. The molecule has 0 atom stereocenters. The lowest BCUT2D eigenvalue weighted by Crippen LogP contribution is -2.01. The number of benzene rings is 1. The molecule has 0 unspecified atom stereocenters. The van der Waals surface area contributed by atoms with Gasteiger partial charge in [-0.15, -0.1) is 0 Å². The van der Waals surface area contributed by atoms with Crippen molar-refractivity contribution in [3.8, 4) is 5.75 Å². The Kier molecular flexibility index (Phi) is 12.7. The van der Waals surface area contributed by atoms with Gasteiger partial charge in [-0.3, -0.25) is 0 Å². The zero-order valence-electron chi connectivity index (χ0n) is 16.2. The summed E-state index contributed by atoms with van der Waals surface area (Å²) in [6.07, 6.45) is 16.2. The van der Waals surface area contributed by atoms with Crippen molar-refractivity contribution in [2.45, 2.75) is 84.0 Å². The summed E-state index contributed by atoms with van der Waals surface area (Å²) in [5.41, 5.74) is 0.556. The van der Waals surface area contributed by atoms with E-state index in [1.807, 2.05) is 12.1 Å². The molecular formula is C22H36O3. The van der Waals surface area contributed by atoms with Gasteiger partial charge >= 0.3 is 5.97 Å². The van der Waals surface area contributed by atoms with Crippen LogP contribution in [0.25, 0.3) is 0 Å². The van der Waals surface area contributed by atoms with Crippen molar-refractivity contribution >= 4 is 5.97 Å². The monoisotopic (exact) mass is 348 g/mol. The largest absolute Gasteiger partial charge is 0.494 e. The highest BCUT2D eigenvalue weighted by Crippen LogP contribution is 2.15. The quantitative estimate of drug-likeness (QED) is 0.266. The third kappa shape index (κ3) is 10.9. The molecule has 1 rings (SSSR count). The average molecular weight is 349 g/mol. The highest BCUT2D eigenvalue weighted by Gasteiger charge is 2.04. The van der Waals surface area contributed by atoms with Gasteiger partial charge in [-0.05, 0) is 30.7 Å². The number of carbonyl (C=O) groups excluding carboxylic acids is 1. The van der Waals surface area contributed by atoms with Gasteiger partial charge in [0.25, 0.3) is 0 Å². The zero-order valence-corrected chi connectivity index (χ0v) is 16.2. The average Bonchev–Trinajstić information content (AvgIpc) is 2.65. The Morgan fingerprint density at radius 3 is 1.72 bits per heavy atom. The predicted octanol–water partition coefficient (Wildman–Crippen LogP) is 6.55. The summed E-state index contributed by atoms with van der Waals surface area (Å²) >= 11 is 0. The molecule has 0 aliphatic rings. The second-order valence-electron chi connectivity index (χ2n) is 6.75. The number of carbonyl (C=O) groups is 1. The molecule has 25 heavy (non-hydrogen) atoms. The van der Waals surface area contributed by atoms with Gasteiger partial charge in [0.05, 0.1) is 19.3 Å². The maximum atomic E-state index is 11.3. The van der Waals surface area contributed by atoms with E-state index in [4.69, 9.17) is 4.74 Å². The van der Waals surface area contributed by atoms with Gasteiger partial charge in [0.15, 0.2) is 0 Å². The molecule has 3 nitrogen and oxygen atoms in total. The smallest absolute Gasteiger partial charge is 0.337 e. The van der Waals surface area contributed by atoms with E-state index < -0.39 is 0 Å². The number of rotatable bonds is 15. The van der Waals surface area contributed by atoms with Crippen molar-refractivity contribution in [2.75, 3.05) is 13.7 Å². The molecular weight excluding hydrogens is 312 g/mol. The summed E-state index contributed by atoms with van der Waals surface area (Å²) < 4.78 is 10.4. The minimum absolute atomic E-state index is 0.312. The summed E-state index contributed by atoms with van der Waals surface area (Å²) in [4.78, 5) is 11.3. The first-order valence-electron chi connectivity index (χ1n) is 10.1. The van der Waals surface area contributed by atoms with Gasteiger partial charge in [0.2, 0.25) is 0 Å². The Morgan fingerprint density at radius 2 is 1.24 bits per heavy atom. The molecule has 0 N–H and O–H groups in total. The second-order valence-corrected chi connectivity index (χ2v) is 6.75. The number of methoxy groups -OCH3 is 1. The summed E-state index contributed by atoms with van der Waals surface area (Å²) in [6, 6.07) is 7.13. The summed E-state index contributed by atoms with van der Waals surface area (Å²) in [6.45, 7) is 3.01. The Morgan fingerprint density at radius 1 is 0.760 bits per heavy atom. The highest BCUT2D eigenvalue weighted by atomic mass is 16.5. The van der Waals surface area contributed by atoms with E-state index in [1.54, 1.807) is 12.1 Å². The van der Waals surface area contributed by atoms with Crippen LogP contribution in [0.15, 0.2) is 24.3 Å². The fraction of sp³-hybridized carbons (Fsp3) is 0.682. The molecule has 0 bridgehead atoms. The van der Waals surface area contributed by atoms with Crippen molar-refractivity contribution in [3.63, 3.8) is 0 Å². The minimum atomic E-state index is -0.312. The predicted molar refractivity (Wildman–Crippen MR) is 104 cm³/mol. The lowest BCUT2D eigenvalue weighted by Gasteiger charge is -2.07. The molecule has 0 saturated heterocycles. The Bertz CT molecular complexity index is 439. The minimum Gasteiger partial charge on any atom is -0.494 e. The Labute approximate surface area is 154 Å². The van der Waals surface area contributed by atoms with E-state index in [0.717, 1.165) is 18.8 Å². The van der Waals surface area contributed by atoms with Crippen molar-refractivity contribution in [1.82, 2.24) is 0 Å². The van der Waals surface area contributed by atoms with Crippen molar-refractivity contribution in [2.24, 2.45) is 0 Å². The molecule has 0 spiro atoms. The van der Waals surface area contributed by atoms with Crippen LogP contribution in [-0.4, -0.2) is 19.7 Å². The Hall–Kier alpha value is -1.51. The lowest BCUT2D eigenvalue weighted by atomic mass is 10.1. The lowest BCUT2D eigenvalue weighted by molar-refractivity contribution is 0.0600. The van der Waals surface area contributed by atoms with E-state index in [1.165, 1.54) is 77.7 Å². The standard InChI is InChI=1S/C22H36O3/c1-3-4-5-6-7-8-9-10-11-12-13-14-19-25-21-17-15-20(16-18-21)22(23)24-2/h15-18H,3-14,19H2,1-2H3. The molecule has 0 saturated carbocycles. The number of hydrogen-bond donors (Lipinski definition) is 0. The van der Waals surface area contributed by atoms with Gasteiger partial charge < -0.3 is 9.47 Å². The topological polar surface area (TPSA) is 35.5 Å². The molecule has 0 aliphatic carbocycles. The number of hydrogen-bond acceptors (Lipinski definition) is 3. The normalized spacial score (nSPS) is 10.6. The van der Waals surface area contributed by atoms with Crippen LogP contribution in [0.3, 0.4) is 0 Å². The van der Waals surface area contributed by atoms with E-state index in [2.05, 4.69) is 11.7 Å². The molecule has 0 amide bonds. The van der Waals surface area contributed by atoms with Gasteiger partial charge in [-0.25, -0.2) is 4.79 Å². The molecule has 0 radical (unpaired) electrons. The maximum Gasteiger partial charge on any atom is 0.337 e. The zero-order chi connectivity index (χ0) is 18.2. The molecule has 0 heterocycles. The van der Waals surface area contributed by atoms with Crippen LogP contribution in [0, 0.1) is 0 Å². The van der Waals surface area contributed by atoms with Crippen LogP contribution in [0.4, 0.5) is 0 Å². The third-order valence-corrected chi connectivity index (χ3v) is 4.54. The fourth-order valence-corrected chi connectivity index (χ4v) is 2.94. The Balaban J connectivity index is 1.91. The fourth-order valence-electron chi connectivity index (χ4n) is 2.94. The third-order valence-electron chi connectivity index (χ3n) is 4.54. The van der Waals surface area contributed by atoms with Crippen molar-refractivity contribution < 1.29 is 14.3 Å². The second kappa shape index (κ2) is 14.8. The van der Waals surface area contributed by atoms with E-state index in [-0.39, 0.29) is 5.97 Å². The van der Waals surface area contributed by atoms with Gasteiger partial charge in [0, 0.05) is 0 Å². The summed E-state index contributed by atoms with van der Waals surface area (Å²) in [5.74, 6) is 0.503. The van der Waals surface area contributed by atoms with Crippen LogP contribution in [-0.2, 0) is 4.74 Å².